The van der Waals surface area contributed by atoms with E-state index in [1.54, 1.807) is 12.1 Å². The SMILES string of the molecule is O=C(NOC1CCCCO1)c1cccnc1Oc1ccc(F)cc1Br. The molecule has 1 aliphatic heterocycles. The zero-order valence-electron chi connectivity index (χ0n) is 13.2. The first-order chi connectivity index (χ1) is 12.1. The molecule has 1 amide bonds. The quantitative estimate of drug-likeness (QED) is 0.755. The third kappa shape index (κ3) is 4.75. The van der Waals surface area contributed by atoms with Gasteiger partial charge in [-0.1, -0.05) is 0 Å². The lowest BCUT2D eigenvalue weighted by Crippen LogP contribution is -2.33. The van der Waals surface area contributed by atoms with Gasteiger partial charge in [-0.25, -0.2) is 19.7 Å². The second-order valence-electron chi connectivity index (χ2n) is 5.38. The summed E-state index contributed by atoms with van der Waals surface area (Å²) < 4.78 is 24.6. The molecular weight excluding hydrogens is 395 g/mol. The second-order valence-corrected chi connectivity index (χ2v) is 6.23. The normalized spacial score (nSPS) is 17.1. The maximum Gasteiger partial charge on any atom is 0.280 e. The summed E-state index contributed by atoms with van der Waals surface area (Å²) >= 11 is 3.21. The Balaban J connectivity index is 1.70. The van der Waals surface area contributed by atoms with E-state index in [4.69, 9.17) is 14.3 Å². The van der Waals surface area contributed by atoms with Gasteiger partial charge in [0.2, 0.25) is 5.88 Å². The highest BCUT2D eigenvalue weighted by Crippen LogP contribution is 2.30. The minimum absolute atomic E-state index is 0.0838. The minimum atomic E-state index is -0.504. The van der Waals surface area contributed by atoms with Crippen LogP contribution in [0, 0.1) is 5.82 Å². The number of ether oxygens (including phenoxy) is 2. The molecule has 1 atom stereocenters. The summed E-state index contributed by atoms with van der Waals surface area (Å²) in [5, 5.41) is 0. The van der Waals surface area contributed by atoms with Crippen molar-refractivity contribution in [1.82, 2.24) is 10.5 Å². The first-order valence-electron chi connectivity index (χ1n) is 7.79. The van der Waals surface area contributed by atoms with Gasteiger partial charge in [-0.15, -0.1) is 0 Å². The van der Waals surface area contributed by atoms with Crippen LogP contribution >= 0.6 is 15.9 Å². The lowest BCUT2D eigenvalue weighted by atomic mass is 10.2. The number of hydrogen-bond acceptors (Lipinski definition) is 5. The highest BCUT2D eigenvalue weighted by Gasteiger charge is 2.19. The molecule has 25 heavy (non-hydrogen) atoms. The van der Waals surface area contributed by atoms with E-state index in [9.17, 15) is 9.18 Å². The van der Waals surface area contributed by atoms with Gasteiger partial charge in [-0.05, 0) is 59.1 Å². The smallest absolute Gasteiger partial charge is 0.280 e. The Bertz CT molecular complexity index is 753. The number of carbonyl (C=O) groups is 1. The Morgan fingerprint density at radius 2 is 2.24 bits per heavy atom. The monoisotopic (exact) mass is 410 g/mol. The first-order valence-corrected chi connectivity index (χ1v) is 8.58. The molecule has 3 rings (SSSR count). The van der Waals surface area contributed by atoms with Crippen molar-refractivity contribution in [3.8, 4) is 11.6 Å². The number of benzene rings is 1. The fourth-order valence-corrected chi connectivity index (χ4v) is 2.72. The van der Waals surface area contributed by atoms with Crippen LogP contribution in [0.4, 0.5) is 4.39 Å². The van der Waals surface area contributed by atoms with Crippen LogP contribution in [-0.2, 0) is 9.57 Å². The van der Waals surface area contributed by atoms with E-state index >= 15 is 0 Å². The Morgan fingerprint density at radius 3 is 3.00 bits per heavy atom. The van der Waals surface area contributed by atoms with E-state index in [1.807, 2.05) is 0 Å². The lowest BCUT2D eigenvalue weighted by Gasteiger charge is -2.22. The van der Waals surface area contributed by atoms with E-state index in [0.29, 0.717) is 16.8 Å². The van der Waals surface area contributed by atoms with Crippen molar-refractivity contribution in [2.45, 2.75) is 25.6 Å². The van der Waals surface area contributed by atoms with Crippen LogP contribution in [0.5, 0.6) is 11.6 Å². The van der Waals surface area contributed by atoms with Crippen molar-refractivity contribution >= 4 is 21.8 Å². The number of halogens is 2. The molecule has 2 heterocycles. The number of hydroxylamine groups is 1. The van der Waals surface area contributed by atoms with Gasteiger partial charge in [0.05, 0.1) is 4.47 Å². The molecule has 1 saturated heterocycles. The van der Waals surface area contributed by atoms with Crippen molar-refractivity contribution in [2.24, 2.45) is 0 Å². The number of nitrogens with zero attached hydrogens (tertiary/aromatic N) is 1. The van der Waals surface area contributed by atoms with Crippen LogP contribution in [0.2, 0.25) is 0 Å². The van der Waals surface area contributed by atoms with Crippen LogP contribution in [0.25, 0.3) is 0 Å². The molecule has 1 aromatic heterocycles. The van der Waals surface area contributed by atoms with Crippen molar-refractivity contribution in [3.05, 3.63) is 52.4 Å². The number of nitrogens with one attached hydrogen (secondary N) is 1. The predicted molar refractivity (Wildman–Crippen MR) is 90.6 cm³/mol. The summed E-state index contributed by atoms with van der Waals surface area (Å²) in [5.41, 5.74) is 2.55. The average Bonchev–Trinajstić information content (AvgIpc) is 2.63. The summed E-state index contributed by atoms with van der Waals surface area (Å²) in [6, 6.07) is 7.13. The number of hydrogen-bond donors (Lipinski definition) is 1. The van der Waals surface area contributed by atoms with Gasteiger partial charge in [0.25, 0.3) is 5.91 Å². The van der Waals surface area contributed by atoms with Gasteiger partial charge in [0, 0.05) is 19.2 Å². The molecule has 6 nitrogen and oxygen atoms in total. The van der Waals surface area contributed by atoms with Crippen LogP contribution in [0.15, 0.2) is 41.0 Å². The van der Waals surface area contributed by atoms with Gasteiger partial charge >= 0.3 is 0 Å². The summed E-state index contributed by atoms with van der Waals surface area (Å²) in [4.78, 5) is 21.7. The molecule has 2 aromatic rings. The molecule has 0 spiro atoms. The maximum atomic E-state index is 13.2. The van der Waals surface area contributed by atoms with Gasteiger partial charge in [0.1, 0.15) is 17.1 Å². The van der Waals surface area contributed by atoms with E-state index in [1.165, 1.54) is 24.4 Å². The predicted octanol–water partition coefficient (Wildman–Crippen LogP) is 3.96. The highest BCUT2D eigenvalue weighted by molar-refractivity contribution is 9.10. The minimum Gasteiger partial charge on any atom is -0.437 e. The molecule has 1 N–H and O–H groups in total. The number of amides is 1. The van der Waals surface area contributed by atoms with E-state index in [-0.39, 0.29) is 11.4 Å². The summed E-state index contributed by atoms with van der Waals surface area (Å²) in [5.74, 6) is -0.485. The number of pyridine rings is 1. The maximum absolute atomic E-state index is 13.2. The summed E-state index contributed by atoms with van der Waals surface area (Å²) in [7, 11) is 0. The average molecular weight is 411 g/mol. The zero-order chi connectivity index (χ0) is 17.6. The third-order valence-corrected chi connectivity index (χ3v) is 4.16. The Morgan fingerprint density at radius 1 is 1.36 bits per heavy atom. The Hall–Kier alpha value is -2.03. The van der Waals surface area contributed by atoms with Crippen LogP contribution in [-0.4, -0.2) is 23.8 Å². The standard InChI is InChI=1S/C17H16BrFN2O4/c18-13-10-11(19)6-7-14(13)24-17-12(4-3-8-20-17)16(22)21-25-15-5-1-2-9-23-15/h3-4,6-8,10,15H,1-2,5,9H2,(H,21,22). The molecule has 0 aliphatic carbocycles. The lowest BCUT2D eigenvalue weighted by molar-refractivity contribution is -0.186. The van der Waals surface area contributed by atoms with Crippen molar-refractivity contribution in [2.75, 3.05) is 6.61 Å². The largest absolute Gasteiger partial charge is 0.437 e. The molecule has 8 heteroatoms. The van der Waals surface area contributed by atoms with Gasteiger partial charge < -0.3 is 9.47 Å². The molecule has 0 bridgehead atoms. The summed E-state index contributed by atoms with van der Waals surface area (Å²) in [6.45, 7) is 0.611. The van der Waals surface area contributed by atoms with E-state index < -0.39 is 18.0 Å². The van der Waals surface area contributed by atoms with Gasteiger partial charge in [0.15, 0.2) is 6.29 Å². The van der Waals surface area contributed by atoms with Crippen LogP contribution in [0.3, 0.4) is 0 Å². The van der Waals surface area contributed by atoms with Crippen molar-refractivity contribution in [3.63, 3.8) is 0 Å². The molecule has 0 saturated carbocycles. The highest BCUT2D eigenvalue weighted by atomic mass is 79.9. The topological polar surface area (TPSA) is 69.7 Å². The molecule has 132 valence electrons. The van der Waals surface area contributed by atoms with Crippen molar-refractivity contribution in [1.29, 1.82) is 0 Å². The van der Waals surface area contributed by atoms with Gasteiger partial charge in [-0.3, -0.25) is 4.79 Å². The molecule has 0 radical (unpaired) electrons. The zero-order valence-corrected chi connectivity index (χ0v) is 14.8. The van der Waals surface area contributed by atoms with Gasteiger partial charge in [-0.2, -0.15) is 0 Å². The number of aromatic nitrogens is 1. The molecule has 1 aromatic carbocycles. The van der Waals surface area contributed by atoms with Crippen molar-refractivity contribution < 1.29 is 23.5 Å². The van der Waals surface area contributed by atoms with Crippen LogP contribution in [0.1, 0.15) is 29.6 Å². The van der Waals surface area contributed by atoms with Crippen LogP contribution < -0.4 is 10.2 Å². The van der Waals surface area contributed by atoms with E-state index in [2.05, 4.69) is 26.4 Å². The molecule has 1 fully saturated rings. The molecule has 1 aliphatic rings. The third-order valence-electron chi connectivity index (χ3n) is 3.54. The molecule has 1 unspecified atom stereocenters. The van der Waals surface area contributed by atoms with E-state index in [0.717, 1.165) is 19.3 Å². The molecular formula is C17H16BrFN2O4. The Kier molecular flexibility index (Phi) is 5.95. The fourth-order valence-electron chi connectivity index (χ4n) is 2.29. The first kappa shape index (κ1) is 17.8. The Labute approximate surface area is 152 Å². The second kappa shape index (κ2) is 8.37. The number of rotatable bonds is 5. The number of carbonyl (C=O) groups excluding carboxylic acids is 1. The summed E-state index contributed by atoms with van der Waals surface area (Å²) in [6.07, 6.45) is 3.74. The fraction of sp³-hybridized carbons (Fsp3) is 0.294.